The molecule has 0 radical (unpaired) electrons. The molecule has 0 aliphatic carbocycles. The molecule has 2 heteroatoms. The van der Waals surface area contributed by atoms with Gasteiger partial charge in [0.25, 0.3) is 0 Å². The minimum absolute atomic E-state index is 0.106. The van der Waals surface area contributed by atoms with Crippen LogP contribution in [0.25, 0.3) is 0 Å². The van der Waals surface area contributed by atoms with Crippen LogP contribution < -0.4 is 5.32 Å². The maximum Gasteiger partial charge on any atom is 0.0800 e. The van der Waals surface area contributed by atoms with E-state index in [9.17, 15) is 0 Å². The Kier molecular flexibility index (Phi) is 5.77. The van der Waals surface area contributed by atoms with Gasteiger partial charge in [-0.05, 0) is 26.8 Å². The van der Waals surface area contributed by atoms with Gasteiger partial charge in [-0.3, -0.25) is 0 Å². The minimum Gasteiger partial charge on any atom is -0.377 e. The molecule has 0 aromatic heterocycles. The largest absolute Gasteiger partial charge is 0.377 e. The van der Waals surface area contributed by atoms with Crippen molar-refractivity contribution in [1.29, 1.82) is 0 Å². The van der Waals surface area contributed by atoms with Crippen LogP contribution in [0.4, 0.5) is 0 Å². The van der Waals surface area contributed by atoms with Gasteiger partial charge in [0.05, 0.1) is 5.60 Å². The van der Waals surface area contributed by atoms with Crippen molar-refractivity contribution >= 4 is 0 Å². The van der Waals surface area contributed by atoms with Crippen LogP contribution in [0.5, 0.6) is 0 Å². The second kappa shape index (κ2) is 6.01. The number of methoxy groups -OCH3 is 1. The lowest BCUT2D eigenvalue weighted by Gasteiger charge is -2.35. The fraction of sp³-hybridized carbons (Fsp3) is 0.818. The van der Waals surface area contributed by atoms with E-state index in [4.69, 9.17) is 11.2 Å². The van der Waals surface area contributed by atoms with Crippen molar-refractivity contribution in [2.75, 3.05) is 14.2 Å². The Balaban J connectivity index is 4.27. The molecular formula is C11H21NO. The number of rotatable bonds is 6. The highest BCUT2D eigenvalue weighted by molar-refractivity contribution is 4.92. The van der Waals surface area contributed by atoms with E-state index in [2.05, 4.69) is 25.1 Å². The lowest BCUT2D eigenvalue weighted by molar-refractivity contribution is -0.0287. The fourth-order valence-electron chi connectivity index (χ4n) is 1.52. The zero-order valence-corrected chi connectivity index (χ0v) is 9.18. The summed E-state index contributed by atoms with van der Waals surface area (Å²) in [7, 11) is 3.71. The van der Waals surface area contributed by atoms with E-state index in [1.54, 1.807) is 7.11 Å². The summed E-state index contributed by atoms with van der Waals surface area (Å²) in [5.74, 6) is 2.66. The van der Waals surface area contributed by atoms with Gasteiger partial charge in [0, 0.05) is 19.6 Å². The molecule has 0 fully saturated rings. The fourth-order valence-corrected chi connectivity index (χ4v) is 1.52. The topological polar surface area (TPSA) is 21.3 Å². The monoisotopic (exact) mass is 183 g/mol. The average molecular weight is 183 g/mol. The number of likely N-dealkylation sites (N-methyl/N-ethyl adjacent to an activating group) is 1. The number of hydrogen-bond acceptors (Lipinski definition) is 2. The molecule has 0 saturated carbocycles. The van der Waals surface area contributed by atoms with Gasteiger partial charge in [-0.25, -0.2) is 0 Å². The Labute approximate surface area is 82.1 Å². The average Bonchev–Trinajstić information content (AvgIpc) is 2.18. The van der Waals surface area contributed by atoms with Crippen molar-refractivity contribution in [3.63, 3.8) is 0 Å². The second-order valence-corrected chi connectivity index (χ2v) is 3.45. The highest BCUT2D eigenvalue weighted by atomic mass is 16.5. The molecule has 0 aromatic rings. The van der Waals surface area contributed by atoms with Gasteiger partial charge in [0.1, 0.15) is 0 Å². The summed E-state index contributed by atoms with van der Waals surface area (Å²) in [6.45, 7) is 4.24. The second-order valence-electron chi connectivity index (χ2n) is 3.45. The number of ether oxygens (including phenoxy) is 1. The molecule has 1 N–H and O–H groups in total. The zero-order valence-electron chi connectivity index (χ0n) is 9.18. The zero-order chi connectivity index (χ0) is 10.3. The van der Waals surface area contributed by atoms with Crippen molar-refractivity contribution in [3.8, 4) is 12.3 Å². The first-order valence-corrected chi connectivity index (χ1v) is 4.80. The lowest BCUT2D eigenvalue weighted by Crippen LogP contribution is -2.48. The van der Waals surface area contributed by atoms with Gasteiger partial charge in [0.2, 0.25) is 0 Å². The molecule has 13 heavy (non-hydrogen) atoms. The Morgan fingerprint density at radius 1 is 1.62 bits per heavy atom. The van der Waals surface area contributed by atoms with Gasteiger partial charge in [-0.15, -0.1) is 12.3 Å². The number of terminal acetylenes is 1. The number of hydrogen-bond donors (Lipinski definition) is 1. The third kappa shape index (κ3) is 3.38. The molecule has 76 valence electrons. The Morgan fingerprint density at radius 2 is 2.23 bits per heavy atom. The van der Waals surface area contributed by atoms with Gasteiger partial charge < -0.3 is 10.1 Å². The van der Waals surface area contributed by atoms with Gasteiger partial charge >= 0.3 is 0 Å². The minimum atomic E-state index is -0.106. The summed E-state index contributed by atoms with van der Waals surface area (Å²) in [5, 5.41) is 3.26. The van der Waals surface area contributed by atoms with Crippen molar-refractivity contribution in [1.82, 2.24) is 5.32 Å². The first-order valence-electron chi connectivity index (χ1n) is 4.80. The molecule has 0 heterocycles. The van der Waals surface area contributed by atoms with E-state index < -0.39 is 0 Å². The summed E-state index contributed by atoms with van der Waals surface area (Å²) < 4.78 is 5.51. The van der Waals surface area contributed by atoms with E-state index in [-0.39, 0.29) is 5.60 Å². The predicted molar refractivity (Wildman–Crippen MR) is 56.6 cm³/mol. The Hall–Kier alpha value is -0.520. The van der Waals surface area contributed by atoms with Gasteiger partial charge in [0.15, 0.2) is 0 Å². The number of nitrogens with one attached hydrogen (secondary N) is 1. The molecule has 0 aliphatic heterocycles. The Morgan fingerprint density at radius 3 is 2.54 bits per heavy atom. The SMILES string of the molecule is C#CCCC(NC)C(C)(CC)OC. The van der Waals surface area contributed by atoms with Crippen LogP contribution in [0.15, 0.2) is 0 Å². The van der Waals surface area contributed by atoms with Crippen LogP contribution in [0.2, 0.25) is 0 Å². The first-order chi connectivity index (χ1) is 6.14. The van der Waals surface area contributed by atoms with E-state index in [0.29, 0.717) is 6.04 Å². The van der Waals surface area contributed by atoms with Gasteiger partial charge in [-0.2, -0.15) is 0 Å². The maximum absolute atomic E-state index is 5.51. The highest BCUT2D eigenvalue weighted by Gasteiger charge is 2.30. The highest BCUT2D eigenvalue weighted by Crippen LogP contribution is 2.21. The molecule has 2 atom stereocenters. The summed E-state index contributed by atoms with van der Waals surface area (Å²) in [4.78, 5) is 0. The third-order valence-corrected chi connectivity index (χ3v) is 2.83. The van der Waals surface area contributed by atoms with E-state index >= 15 is 0 Å². The van der Waals surface area contributed by atoms with Crippen LogP contribution >= 0.6 is 0 Å². The molecule has 0 aromatic carbocycles. The van der Waals surface area contributed by atoms with Gasteiger partial charge in [-0.1, -0.05) is 6.92 Å². The van der Waals surface area contributed by atoms with Crippen LogP contribution in [-0.2, 0) is 4.74 Å². The van der Waals surface area contributed by atoms with Crippen molar-refractivity contribution in [2.45, 2.75) is 44.8 Å². The third-order valence-electron chi connectivity index (χ3n) is 2.83. The van der Waals surface area contributed by atoms with Crippen LogP contribution in [0.3, 0.4) is 0 Å². The standard InChI is InChI=1S/C11H21NO/c1-6-8-9-10(12-4)11(3,7-2)13-5/h1,10,12H,7-9H2,2-5H3. The lowest BCUT2D eigenvalue weighted by atomic mass is 9.90. The molecular weight excluding hydrogens is 162 g/mol. The van der Waals surface area contributed by atoms with E-state index in [1.807, 2.05) is 7.05 Å². The summed E-state index contributed by atoms with van der Waals surface area (Å²) in [6.07, 6.45) is 7.98. The molecule has 2 nitrogen and oxygen atoms in total. The molecule has 0 amide bonds. The molecule has 0 aliphatic rings. The predicted octanol–water partition coefficient (Wildman–Crippen LogP) is 1.80. The van der Waals surface area contributed by atoms with Crippen LogP contribution in [0.1, 0.15) is 33.1 Å². The summed E-state index contributed by atoms with van der Waals surface area (Å²) in [5.41, 5.74) is -0.106. The molecule has 0 spiro atoms. The van der Waals surface area contributed by atoms with E-state index in [1.165, 1.54) is 0 Å². The van der Waals surface area contributed by atoms with E-state index in [0.717, 1.165) is 19.3 Å². The smallest absolute Gasteiger partial charge is 0.0800 e. The van der Waals surface area contributed by atoms with Crippen molar-refractivity contribution in [2.24, 2.45) is 0 Å². The molecule has 2 unspecified atom stereocenters. The molecule has 0 bridgehead atoms. The van der Waals surface area contributed by atoms with Crippen LogP contribution in [0, 0.1) is 12.3 Å². The quantitative estimate of drug-likeness (QED) is 0.634. The Bertz CT molecular complexity index is 167. The van der Waals surface area contributed by atoms with Crippen LogP contribution in [-0.4, -0.2) is 25.8 Å². The van der Waals surface area contributed by atoms with Crippen molar-refractivity contribution in [3.05, 3.63) is 0 Å². The van der Waals surface area contributed by atoms with Crippen molar-refractivity contribution < 1.29 is 4.74 Å². The maximum atomic E-state index is 5.51. The summed E-state index contributed by atoms with van der Waals surface area (Å²) >= 11 is 0. The molecule has 0 saturated heterocycles. The summed E-state index contributed by atoms with van der Waals surface area (Å²) in [6, 6.07) is 0.332. The normalized spacial score (nSPS) is 17.5. The molecule has 0 rings (SSSR count). The first kappa shape index (κ1) is 12.5.